The van der Waals surface area contributed by atoms with Gasteiger partial charge in [0.15, 0.2) is 0 Å². The van der Waals surface area contributed by atoms with Crippen molar-refractivity contribution in [3.05, 3.63) is 89.2 Å². The van der Waals surface area contributed by atoms with Crippen molar-refractivity contribution < 1.29 is 0 Å². The Morgan fingerprint density at radius 2 is 2.06 bits per heavy atom. The number of hydrogen-bond acceptors (Lipinski definition) is 0. The van der Waals surface area contributed by atoms with E-state index in [0.29, 0.717) is 5.92 Å². The van der Waals surface area contributed by atoms with Crippen LogP contribution in [0.3, 0.4) is 0 Å². The highest BCUT2D eigenvalue weighted by molar-refractivity contribution is 5.48. The molecule has 0 amide bonds. The first kappa shape index (κ1) is 11.1. The van der Waals surface area contributed by atoms with Crippen LogP contribution in [0.5, 0.6) is 0 Å². The Bertz CT molecular complexity index is 605. The lowest BCUT2D eigenvalue weighted by Crippen LogP contribution is -2.08. The lowest BCUT2D eigenvalue weighted by atomic mass is 9.80. The summed E-state index contributed by atoms with van der Waals surface area (Å²) >= 11 is 0. The summed E-state index contributed by atoms with van der Waals surface area (Å²) in [5, 5.41) is 0. The summed E-state index contributed by atoms with van der Waals surface area (Å²) in [6, 6.07) is 8.74. The number of fused-ring (bicyclic) bond motifs is 3. The van der Waals surface area contributed by atoms with E-state index in [-0.39, 0.29) is 0 Å². The van der Waals surface area contributed by atoms with Crippen molar-refractivity contribution in [2.24, 2.45) is 0 Å². The molecule has 1 aromatic carbocycles. The molecule has 3 rings (SSSR count). The van der Waals surface area contributed by atoms with Crippen molar-refractivity contribution >= 4 is 0 Å². The van der Waals surface area contributed by atoms with Crippen LogP contribution in [0, 0.1) is 0 Å². The zero-order valence-corrected chi connectivity index (χ0v) is 10.4. The molecular formula is C18H16. The van der Waals surface area contributed by atoms with Crippen molar-refractivity contribution in [3.63, 3.8) is 0 Å². The van der Waals surface area contributed by atoms with Gasteiger partial charge in [0, 0.05) is 12.3 Å². The van der Waals surface area contributed by atoms with Crippen LogP contribution < -0.4 is 0 Å². The van der Waals surface area contributed by atoms with Crippen LogP contribution in [-0.4, -0.2) is 0 Å². The summed E-state index contributed by atoms with van der Waals surface area (Å²) in [6.07, 6.45) is 13.0. The molecule has 1 atom stereocenters. The molecule has 0 radical (unpaired) electrons. The van der Waals surface area contributed by atoms with Gasteiger partial charge in [0.05, 0.1) is 0 Å². The number of rotatable bonds is 0. The molecule has 0 saturated carbocycles. The van der Waals surface area contributed by atoms with Crippen LogP contribution in [0.2, 0.25) is 0 Å². The predicted octanol–water partition coefficient (Wildman–Crippen LogP) is 4.48. The van der Waals surface area contributed by atoms with Crippen LogP contribution in [-0.2, 0) is 6.42 Å². The predicted molar refractivity (Wildman–Crippen MR) is 76.5 cm³/mol. The molecule has 0 heterocycles. The van der Waals surface area contributed by atoms with E-state index in [1.165, 1.54) is 16.7 Å². The molecule has 2 aliphatic carbocycles. The fourth-order valence-corrected chi connectivity index (χ4v) is 2.74. The molecule has 0 saturated heterocycles. The van der Waals surface area contributed by atoms with Gasteiger partial charge in [-0.25, -0.2) is 0 Å². The molecule has 0 aromatic heterocycles. The maximum absolute atomic E-state index is 3.79. The Hall–Kier alpha value is -2.04. The Morgan fingerprint density at radius 1 is 1.17 bits per heavy atom. The van der Waals surface area contributed by atoms with Gasteiger partial charge in [0.1, 0.15) is 0 Å². The van der Waals surface area contributed by atoms with Crippen LogP contribution in [0.1, 0.15) is 23.5 Å². The molecule has 1 unspecified atom stereocenters. The zero-order chi connectivity index (χ0) is 12.4. The van der Waals surface area contributed by atoms with E-state index in [9.17, 15) is 0 Å². The Balaban J connectivity index is 2.18. The zero-order valence-electron chi connectivity index (χ0n) is 10.4. The molecule has 0 fully saturated rings. The fourth-order valence-electron chi connectivity index (χ4n) is 2.74. The minimum atomic E-state index is 0.508. The van der Waals surface area contributed by atoms with E-state index in [1.807, 2.05) is 0 Å². The molecule has 0 spiro atoms. The number of allylic oxidation sites excluding steroid dienone is 7. The minimum Gasteiger partial charge on any atom is -0.125 e. The minimum absolute atomic E-state index is 0.508. The van der Waals surface area contributed by atoms with E-state index < -0.39 is 0 Å². The van der Waals surface area contributed by atoms with E-state index in [0.717, 1.165) is 18.4 Å². The van der Waals surface area contributed by atoms with Gasteiger partial charge in [-0.15, -0.1) is 5.73 Å². The van der Waals surface area contributed by atoms with E-state index in [4.69, 9.17) is 0 Å². The number of benzene rings is 1. The van der Waals surface area contributed by atoms with Gasteiger partial charge < -0.3 is 0 Å². The lowest BCUT2D eigenvalue weighted by molar-refractivity contribution is 0.801. The Kier molecular flexibility index (Phi) is 2.88. The lowest BCUT2D eigenvalue weighted by Gasteiger charge is -2.24. The normalized spacial score (nSPS) is 23.0. The topological polar surface area (TPSA) is 0 Å². The molecule has 0 N–H and O–H groups in total. The standard InChI is InChI=1S/C18H16/c1-2-14-11-12-15-7-3-5-9-17(15)18-10-6-4-8-16(18)13-14/h3-8,10-12,17H,1,9,13H2/b12-11-. The molecule has 88 valence electrons. The second-order valence-corrected chi connectivity index (χ2v) is 4.79. The van der Waals surface area contributed by atoms with Crippen molar-refractivity contribution in [1.29, 1.82) is 0 Å². The Morgan fingerprint density at radius 3 is 2.94 bits per heavy atom. The highest BCUT2D eigenvalue weighted by Gasteiger charge is 2.20. The third-order valence-electron chi connectivity index (χ3n) is 3.71. The van der Waals surface area contributed by atoms with Gasteiger partial charge in [0.25, 0.3) is 0 Å². The third kappa shape index (κ3) is 1.92. The second kappa shape index (κ2) is 4.68. The second-order valence-electron chi connectivity index (χ2n) is 4.79. The SMILES string of the molecule is C=C=C1/C=C\C2=CC=CCC2c2ccccc2C1. The fraction of sp³-hybridized carbons (Fsp3) is 0.167. The summed E-state index contributed by atoms with van der Waals surface area (Å²) in [5.74, 6) is 0.508. The first-order chi connectivity index (χ1) is 8.88. The largest absolute Gasteiger partial charge is 0.125 e. The van der Waals surface area contributed by atoms with Crippen LogP contribution in [0.15, 0.2) is 78.1 Å². The van der Waals surface area contributed by atoms with Crippen molar-refractivity contribution in [2.75, 3.05) is 0 Å². The van der Waals surface area contributed by atoms with Crippen molar-refractivity contribution in [1.82, 2.24) is 0 Å². The molecule has 0 heteroatoms. The van der Waals surface area contributed by atoms with Gasteiger partial charge in [-0.1, -0.05) is 61.2 Å². The summed E-state index contributed by atoms with van der Waals surface area (Å²) in [5.41, 5.74) is 8.44. The first-order valence-corrected chi connectivity index (χ1v) is 6.40. The molecule has 0 bridgehead atoms. The smallest absolute Gasteiger partial charge is 0.0127 e. The summed E-state index contributed by atoms with van der Waals surface area (Å²) < 4.78 is 0. The highest BCUT2D eigenvalue weighted by atomic mass is 14.2. The van der Waals surface area contributed by atoms with Gasteiger partial charge in [-0.05, 0) is 28.7 Å². The van der Waals surface area contributed by atoms with Gasteiger partial charge in [-0.2, -0.15) is 0 Å². The van der Waals surface area contributed by atoms with Crippen molar-refractivity contribution in [3.8, 4) is 0 Å². The number of hydrogen-bond donors (Lipinski definition) is 0. The molecule has 2 aliphatic rings. The molecule has 1 aromatic rings. The average Bonchev–Trinajstić information content (AvgIpc) is 2.42. The van der Waals surface area contributed by atoms with E-state index in [1.54, 1.807) is 0 Å². The van der Waals surface area contributed by atoms with Crippen LogP contribution in [0.4, 0.5) is 0 Å². The third-order valence-corrected chi connectivity index (χ3v) is 3.71. The van der Waals surface area contributed by atoms with E-state index in [2.05, 4.69) is 67.0 Å². The van der Waals surface area contributed by atoms with Crippen LogP contribution >= 0.6 is 0 Å². The summed E-state index contributed by atoms with van der Waals surface area (Å²) in [7, 11) is 0. The first-order valence-electron chi connectivity index (χ1n) is 6.40. The Labute approximate surface area is 108 Å². The maximum atomic E-state index is 3.79. The molecule has 0 aliphatic heterocycles. The molecule has 18 heavy (non-hydrogen) atoms. The molecule has 0 nitrogen and oxygen atoms in total. The van der Waals surface area contributed by atoms with E-state index >= 15 is 0 Å². The van der Waals surface area contributed by atoms with Gasteiger partial charge in [-0.3, -0.25) is 0 Å². The van der Waals surface area contributed by atoms with Crippen LogP contribution in [0.25, 0.3) is 0 Å². The average molecular weight is 232 g/mol. The van der Waals surface area contributed by atoms with Gasteiger partial charge in [0.2, 0.25) is 0 Å². The summed E-state index contributed by atoms with van der Waals surface area (Å²) in [4.78, 5) is 0. The summed E-state index contributed by atoms with van der Waals surface area (Å²) in [6.45, 7) is 3.79. The quantitative estimate of drug-likeness (QED) is 0.578. The molecular weight excluding hydrogens is 216 g/mol. The highest BCUT2D eigenvalue weighted by Crippen LogP contribution is 2.36. The maximum Gasteiger partial charge on any atom is 0.0127 e. The van der Waals surface area contributed by atoms with Gasteiger partial charge >= 0.3 is 0 Å². The monoisotopic (exact) mass is 232 g/mol. The van der Waals surface area contributed by atoms with Crippen molar-refractivity contribution in [2.45, 2.75) is 18.8 Å².